The van der Waals surface area contributed by atoms with Gasteiger partial charge in [0.25, 0.3) is 0 Å². The normalized spacial score (nSPS) is 11.3. The Morgan fingerprint density at radius 3 is 1.82 bits per heavy atom. The molecule has 7 heteroatoms. The summed E-state index contributed by atoms with van der Waals surface area (Å²) in [5, 5.41) is 14.0. The first-order valence-electron chi connectivity index (χ1n) is 19.5. The van der Waals surface area contributed by atoms with Gasteiger partial charge in [-0.15, -0.1) is 0 Å². The summed E-state index contributed by atoms with van der Waals surface area (Å²) < 4.78 is 8.62. The van der Waals surface area contributed by atoms with E-state index in [1.165, 1.54) is 0 Å². The molecule has 3 aromatic heterocycles. The van der Waals surface area contributed by atoms with Gasteiger partial charge >= 0.3 is 0 Å². The van der Waals surface area contributed by atoms with E-state index in [0.717, 1.165) is 88.4 Å². The number of hydrogen-bond donors (Lipinski definition) is 0. The molecule has 0 aliphatic carbocycles. The Kier molecular flexibility index (Phi) is 8.11. The van der Waals surface area contributed by atoms with Gasteiger partial charge in [-0.3, -0.25) is 0 Å². The number of rotatable bonds is 6. The molecule has 0 aliphatic rings. The average Bonchev–Trinajstić information content (AvgIpc) is 3.86. The highest BCUT2D eigenvalue weighted by atomic mass is 16.3. The molecule has 0 atom stereocenters. The lowest BCUT2D eigenvalue weighted by Crippen LogP contribution is -2.04. The molecule has 7 nitrogen and oxygen atoms in total. The van der Waals surface area contributed by atoms with Gasteiger partial charge in [-0.05, 0) is 89.0 Å². The highest BCUT2D eigenvalue weighted by Crippen LogP contribution is 2.41. The molecule has 0 amide bonds. The van der Waals surface area contributed by atoms with Gasteiger partial charge in [-0.2, -0.15) is 5.26 Å². The fourth-order valence-electron chi connectivity index (χ4n) is 8.24. The van der Waals surface area contributed by atoms with Gasteiger partial charge in [0, 0.05) is 43.8 Å². The second kappa shape index (κ2) is 14.1. The summed E-state index contributed by atoms with van der Waals surface area (Å²) in [6.07, 6.45) is 0. The van der Waals surface area contributed by atoms with Gasteiger partial charge in [-0.1, -0.05) is 115 Å². The topological polar surface area (TPSA) is 84.9 Å². The molecule has 0 radical (unpaired) electrons. The highest BCUT2D eigenvalue weighted by Gasteiger charge is 2.21. The van der Waals surface area contributed by atoms with Crippen LogP contribution in [0, 0.1) is 17.9 Å². The summed E-state index contributed by atoms with van der Waals surface area (Å²) in [4.78, 5) is 19.1. The van der Waals surface area contributed by atoms with Crippen molar-refractivity contribution in [3.8, 4) is 68.2 Å². The number of nitrogens with zero attached hydrogens (tertiary/aromatic N) is 6. The zero-order valence-corrected chi connectivity index (χ0v) is 31.9. The molecule has 0 spiro atoms. The summed E-state index contributed by atoms with van der Waals surface area (Å²) in [5.41, 5.74) is 11.8. The Bertz CT molecular complexity index is 3480. The highest BCUT2D eigenvalue weighted by molar-refractivity contribution is 6.11. The number of furan rings is 1. The lowest BCUT2D eigenvalue weighted by atomic mass is 9.99. The maximum Gasteiger partial charge on any atom is 0.189 e. The summed E-state index contributed by atoms with van der Waals surface area (Å²) in [5.74, 6) is 1.68. The van der Waals surface area contributed by atoms with Crippen LogP contribution >= 0.6 is 0 Å². The van der Waals surface area contributed by atoms with Crippen molar-refractivity contribution in [2.45, 2.75) is 0 Å². The molecule has 0 aliphatic heterocycles. The lowest BCUT2D eigenvalue weighted by Gasteiger charge is -2.16. The number of benzene rings is 8. The Hall–Kier alpha value is -8.65. The summed E-state index contributed by atoms with van der Waals surface area (Å²) in [6, 6.07) is 63.2. The molecule has 60 heavy (non-hydrogen) atoms. The molecule has 0 bridgehead atoms. The predicted molar refractivity (Wildman–Crippen MR) is 240 cm³/mol. The molecule has 278 valence electrons. The van der Waals surface area contributed by atoms with Crippen LogP contribution in [0.5, 0.6) is 0 Å². The van der Waals surface area contributed by atoms with E-state index in [2.05, 4.69) is 100 Å². The Morgan fingerprint density at radius 2 is 1.07 bits per heavy atom. The molecule has 0 fully saturated rings. The molecular weight excluding hydrogens is 737 g/mol. The van der Waals surface area contributed by atoms with E-state index in [-0.39, 0.29) is 0 Å². The third-order valence-corrected chi connectivity index (χ3v) is 11.1. The molecular formula is C53H30N6O. The van der Waals surface area contributed by atoms with Crippen molar-refractivity contribution in [2.75, 3.05) is 0 Å². The van der Waals surface area contributed by atoms with E-state index in [1.54, 1.807) is 6.07 Å². The van der Waals surface area contributed by atoms with Gasteiger partial charge in [-0.25, -0.2) is 19.8 Å². The van der Waals surface area contributed by atoms with Crippen LogP contribution < -0.4 is 0 Å². The molecule has 0 unspecified atom stereocenters. The van der Waals surface area contributed by atoms with Crippen molar-refractivity contribution in [1.82, 2.24) is 19.5 Å². The van der Waals surface area contributed by atoms with Crippen LogP contribution in [0.2, 0.25) is 0 Å². The Balaban J connectivity index is 1.18. The van der Waals surface area contributed by atoms with Gasteiger partial charge in [0.05, 0.1) is 29.4 Å². The van der Waals surface area contributed by atoms with Crippen LogP contribution in [-0.2, 0) is 0 Å². The van der Waals surface area contributed by atoms with Gasteiger partial charge in [0.2, 0.25) is 0 Å². The van der Waals surface area contributed by atoms with Crippen molar-refractivity contribution in [2.24, 2.45) is 0 Å². The summed E-state index contributed by atoms with van der Waals surface area (Å²) in [7, 11) is 0. The maximum atomic E-state index is 9.75. The van der Waals surface area contributed by atoms with Crippen molar-refractivity contribution in [1.29, 1.82) is 5.26 Å². The molecule has 8 aromatic carbocycles. The molecule has 11 aromatic rings. The van der Waals surface area contributed by atoms with E-state index in [0.29, 0.717) is 28.7 Å². The molecule has 0 saturated carbocycles. The van der Waals surface area contributed by atoms with Crippen LogP contribution in [-0.4, -0.2) is 19.5 Å². The largest absolute Gasteiger partial charge is 0.456 e. The quantitative estimate of drug-likeness (QED) is 0.157. The zero-order valence-electron chi connectivity index (χ0n) is 31.9. The third kappa shape index (κ3) is 5.86. The zero-order chi connectivity index (χ0) is 40.2. The van der Waals surface area contributed by atoms with E-state index < -0.39 is 0 Å². The average molecular weight is 767 g/mol. The fourth-order valence-corrected chi connectivity index (χ4v) is 8.24. The van der Waals surface area contributed by atoms with E-state index in [1.807, 2.05) is 91.0 Å². The predicted octanol–water partition coefficient (Wildman–Crippen LogP) is 13.6. The molecule has 0 saturated heterocycles. The second-order valence-electron chi connectivity index (χ2n) is 14.7. The van der Waals surface area contributed by atoms with E-state index in [9.17, 15) is 5.26 Å². The number of nitriles is 1. The SMILES string of the molecule is [C-]#[N+]c1cc(C#N)cc(-c2ccc3c(c2)c2ccccc2n3-c2ccc(-c3ccc4c(c3)oc3ccccc34)cc2-c2nc(-c3ccccc3)nc(-c3ccccc3)n2)c1. The van der Waals surface area contributed by atoms with Crippen LogP contribution in [0.25, 0.3) is 111 Å². The first-order chi connectivity index (χ1) is 29.6. The maximum absolute atomic E-state index is 9.75. The second-order valence-corrected chi connectivity index (χ2v) is 14.7. The molecule has 0 N–H and O–H groups in total. The van der Waals surface area contributed by atoms with Crippen LogP contribution in [0.3, 0.4) is 0 Å². The standard InChI is InChI=1S/C53H30N6O/c1-55-40-27-33(32-54)26-39(28-40)37-22-24-47-44(29-37)41-16-8-10-18-46(41)59(47)48-25-21-36(38-20-23-43-42-17-9-11-19-49(42)60-50(43)31-38)30-45(48)53-57-51(34-12-4-2-5-13-34)56-52(58-53)35-14-6-3-7-15-35/h2-31H. The Morgan fingerprint density at radius 1 is 0.467 bits per heavy atom. The van der Waals surface area contributed by atoms with Crippen molar-refractivity contribution < 1.29 is 4.42 Å². The van der Waals surface area contributed by atoms with E-state index >= 15 is 0 Å². The van der Waals surface area contributed by atoms with Crippen molar-refractivity contribution in [3.05, 3.63) is 199 Å². The minimum Gasteiger partial charge on any atom is -0.456 e. The smallest absolute Gasteiger partial charge is 0.189 e. The fraction of sp³-hybridized carbons (Fsp3) is 0. The van der Waals surface area contributed by atoms with E-state index in [4.69, 9.17) is 25.9 Å². The number of aromatic nitrogens is 4. The first-order valence-corrected chi connectivity index (χ1v) is 19.5. The Labute approximate surface area is 344 Å². The minimum atomic E-state index is 0.429. The van der Waals surface area contributed by atoms with Crippen LogP contribution in [0.1, 0.15) is 5.56 Å². The lowest BCUT2D eigenvalue weighted by molar-refractivity contribution is 0.669. The molecule has 3 heterocycles. The minimum absolute atomic E-state index is 0.429. The molecule has 11 rings (SSSR count). The summed E-state index contributed by atoms with van der Waals surface area (Å²) in [6.45, 7) is 7.65. The van der Waals surface area contributed by atoms with Gasteiger partial charge < -0.3 is 8.98 Å². The third-order valence-electron chi connectivity index (χ3n) is 11.1. The van der Waals surface area contributed by atoms with Crippen LogP contribution in [0.15, 0.2) is 186 Å². The van der Waals surface area contributed by atoms with Gasteiger partial charge in [0.1, 0.15) is 11.2 Å². The number of hydrogen-bond acceptors (Lipinski definition) is 5. The monoisotopic (exact) mass is 766 g/mol. The number of para-hydroxylation sites is 2. The van der Waals surface area contributed by atoms with Crippen LogP contribution in [0.4, 0.5) is 5.69 Å². The number of fused-ring (bicyclic) bond motifs is 6. The van der Waals surface area contributed by atoms with Crippen molar-refractivity contribution >= 4 is 49.4 Å². The van der Waals surface area contributed by atoms with Gasteiger partial charge in [0.15, 0.2) is 23.2 Å². The van der Waals surface area contributed by atoms with Crippen molar-refractivity contribution in [3.63, 3.8) is 0 Å². The first kappa shape index (κ1) is 34.6. The summed E-state index contributed by atoms with van der Waals surface area (Å²) >= 11 is 0.